The van der Waals surface area contributed by atoms with Gasteiger partial charge >= 0.3 is 12.0 Å². The maximum Gasteiger partial charge on any atom is 0.315 e. The van der Waals surface area contributed by atoms with Crippen molar-refractivity contribution in [2.24, 2.45) is 0 Å². The second-order valence-corrected chi connectivity index (χ2v) is 6.86. The van der Waals surface area contributed by atoms with E-state index in [-0.39, 0.29) is 24.5 Å². The van der Waals surface area contributed by atoms with Crippen LogP contribution in [0.1, 0.15) is 36.1 Å². The molecule has 2 aromatic rings. The van der Waals surface area contributed by atoms with E-state index in [1.54, 1.807) is 18.3 Å². The molecule has 0 radical (unpaired) electrons. The van der Waals surface area contributed by atoms with Gasteiger partial charge in [-0.25, -0.2) is 4.79 Å². The van der Waals surface area contributed by atoms with Gasteiger partial charge in [0.05, 0.1) is 19.1 Å². The van der Waals surface area contributed by atoms with Crippen LogP contribution in [0.4, 0.5) is 4.79 Å². The lowest BCUT2D eigenvalue weighted by molar-refractivity contribution is -0.143. The normalized spacial score (nSPS) is 14.6. The van der Waals surface area contributed by atoms with Crippen LogP contribution >= 0.6 is 11.3 Å². The zero-order valence-corrected chi connectivity index (χ0v) is 15.0. The van der Waals surface area contributed by atoms with E-state index < -0.39 is 6.04 Å². The molecule has 0 saturated carbocycles. The van der Waals surface area contributed by atoms with E-state index >= 15 is 0 Å². The molecule has 0 aliphatic heterocycles. The highest BCUT2D eigenvalue weighted by molar-refractivity contribution is 7.08. The fraction of sp³-hybridized carbons (Fsp3) is 0.368. The predicted octanol–water partition coefficient (Wildman–Crippen LogP) is 3.21. The van der Waals surface area contributed by atoms with Crippen molar-refractivity contribution in [3.8, 4) is 0 Å². The van der Waals surface area contributed by atoms with Gasteiger partial charge in [0, 0.05) is 6.04 Å². The Kier molecular flexibility index (Phi) is 5.71. The Morgan fingerprint density at radius 2 is 1.88 bits per heavy atom. The van der Waals surface area contributed by atoms with Crippen LogP contribution in [-0.2, 0) is 22.4 Å². The molecule has 132 valence electrons. The number of amides is 2. The maximum absolute atomic E-state index is 12.4. The van der Waals surface area contributed by atoms with Gasteiger partial charge in [-0.3, -0.25) is 4.79 Å². The number of ether oxygens (including phenoxy) is 1. The highest BCUT2D eigenvalue weighted by atomic mass is 32.1. The van der Waals surface area contributed by atoms with Crippen LogP contribution in [0.3, 0.4) is 0 Å². The van der Waals surface area contributed by atoms with E-state index in [0.29, 0.717) is 6.61 Å². The SMILES string of the molecule is CCOC(=O)CC(NC(=O)NC1Cc2cscc2C1)c1ccccc1. The van der Waals surface area contributed by atoms with Crippen LogP contribution < -0.4 is 10.6 Å². The largest absolute Gasteiger partial charge is 0.466 e. The molecule has 1 aliphatic rings. The maximum atomic E-state index is 12.4. The summed E-state index contributed by atoms with van der Waals surface area (Å²) >= 11 is 1.70. The van der Waals surface area contributed by atoms with Crippen molar-refractivity contribution in [3.63, 3.8) is 0 Å². The van der Waals surface area contributed by atoms with Gasteiger partial charge in [0.2, 0.25) is 0 Å². The number of hydrogen-bond acceptors (Lipinski definition) is 4. The smallest absolute Gasteiger partial charge is 0.315 e. The molecule has 1 aromatic carbocycles. The van der Waals surface area contributed by atoms with E-state index in [9.17, 15) is 9.59 Å². The van der Waals surface area contributed by atoms with Gasteiger partial charge in [-0.05, 0) is 47.2 Å². The minimum Gasteiger partial charge on any atom is -0.466 e. The zero-order valence-electron chi connectivity index (χ0n) is 14.2. The number of esters is 1. The number of hydrogen-bond donors (Lipinski definition) is 2. The Morgan fingerprint density at radius 3 is 2.52 bits per heavy atom. The molecule has 0 bridgehead atoms. The van der Waals surface area contributed by atoms with Crippen molar-refractivity contribution >= 4 is 23.3 Å². The molecule has 2 N–H and O–H groups in total. The summed E-state index contributed by atoms with van der Waals surface area (Å²) in [5.41, 5.74) is 3.53. The summed E-state index contributed by atoms with van der Waals surface area (Å²) in [5, 5.41) is 10.2. The van der Waals surface area contributed by atoms with Gasteiger partial charge in [0.15, 0.2) is 0 Å². The van der Waals surface area contributed by atoms with E-state index in [0.717, 1.165) is 18.4 Å². The topological polar surface area (TPSA) is 67.4 Å². The van der Waals surface area contributed by atoms with Crippen molar-refractivity contribution in [2.75, 3.05) is 6.61 Å². The molecule has 1 aliphatic carbocycles. The van der Waals surface area contributed by atoms with Crippen molar-refractivity contribution < 1.29 is 14.3 Å². The second-order valence-electron chi connectivity index (χ2n) is 6.12. The lowest BCUT2D eigenvalue weighted by Gasteiger charge is -2.20. The fourth-order valence-corrected chi connectivity index (χ4v) is 4.01. The van der Waals surface area contributed by atoms with Crippen LogP contribution in [0.2, 0.25) is 0 Å². The minimum absolute atomic E-state index is 0.109. The summed E-state index contributed by atoms with van der Waals surface area (Å²) in [6.45, 7) is 2.10. The van der Waals surface area contributed by atoms with Crippen molar-refractivity contribution in [2.45, 2.75) is 38.3 Å². The quantitative estimate of drug-likeness (QED) is 0.779. The standard InChI is InChI=1S/C19H22N2O3S/c1-2-24-18(22)10-17(13-6-4-3-5-7-13)21-19(23)20-16-8-14-11-25-12-15(14)9-16/h3-7,11-12,16-17H,2,8-10H2,1H3,(H2,20,21,23). The number of fused-ring (bicyclic) bond motifs is 1. The molecule has 1 unspecified atom stereocenters. The molecule has 2 amide bonds. The third-order valence-electron chi connectivity index (χ3n) is 4.28. The summed E-state index contributed by atoms with van der Waals surface area (Å²) in [6.07, 6.45) is 1.84. The Bertz CT molecular complexity index is 709. The Morgan fingerprint density at radius 1 is 1.20 bits per heavy atom. The van der Waals surface area contributed by atoms with Crippen LogP contribution in [0.15, 0.2) is 41.1 Å². The number of nitrogens with one attached hydrogen (secondary N) is 2. The van der Waals surface area contributed by atoms with E-state index in [1.807, 2.05) is 30.3 Å². The predicted molar refractivity (Wildman–Crippen MR) is 97.6 cm³/mol. The van der Waals surface area contributed by atoms with Crippen LogP contribution in [0, 0.1) is 0 Å². The van der Waals surface area contributed by atoms with Gasteiger partial charge < -0.3 is 15.4 Å². The van der Waals surface area contributed by atoms with E-state index in [2.05, 4.69) is 21.4 Å². The number of carbonyl (C=O) groups is 2. The summed E-state index contributed by atoms with van der Waals surface area (Å²) in [5.74, 6) is -0.320. The molecule has 6 heteroatoms. The van der Waals surface area contributed by atoms with Gasteiger partial charge in [0.1, 0.15) is 0 Å². The molecule has 0 fully saturated rings. The first kappa shape index (κ1) is 17.5. The van der Waals surface area contributed by atoms with Crippen molar-refractivity contribution in [1.82, 2.24) is 10.6 Å². The average molecular weight is 358 g/mol. The van der Waals surface area contributed by atoms with Gasteiger partial charge in [-0.2, -0.15) is 11.3 Å². The summed E-state index contributed by atoms with van der Waals surface area (Å²) in [7, 11) is 0. The highest BCUT2D eigenvalue weighted by Gasteiger charge is 2.25. The molecule has 1 atom stereocenters. The summed E-state index contributed by atoms with van der Waals surface area (Å²) in [6, 6.07) is 8.93. The van der Waals surface area contributed by atoms with Crippen molar-refractivity contribution in [1.29, 1.82) is 0 Å². The number of urea groups is 1. The fourth-order valence-electron chi connectivity index (χ4n) is 3.12. The van der Waals surface area contributed by atoms with Crippen molar-refractivity contribution in [3.05, 3.63) is 57.8 Å². The first-order chi connectivity index (χ1) is 12.2. The summed E-state index contributed by atoms with van der Waals surface area (Å²) < 4.78 is 5.03. The Hall–Kier alpha value is -2.34. The molecule has 0 saturated heterocycles. The monoisotopic (exact) mass is 358 g/mol. The molecule has 5 nitrogen and oxygen atoms in total. The lowest BCUT2D eigenvalue weighted by atomic mass is 10.0. The summed E-state index contributed by atoms with van der Waals surface area (Å²) in [4.78, 5) is 24.3. The molecule has 25 heavy (non-hydrogen) atoms. The van der Waals surface area contributed by atoms with Crippen LogP contribution in [-0.4, -0.2) is 24.6 Å². The minimum atomic E-state index is -0.407. The molecular weight excluding hydrogens is 336 g/mol. The molecular formula is C19H22N2O3S. The lowest BCUT2D eigenvalue weighted by Crippen LogP contribution is -2.44. The molecule has 1 heterocycles. The van der Waals surface area contributed by atoms with Gasteiger partial charge in [-0.15, -0.1) is 0 Å². The Labute approximate surface area is 151 Å². The second kappa shape index (κ2) is 8.16. The molecule has 3 rings (SSSR count). The first-order valence-electron chi connectivity index (χ1n) is 8.47. The zero-order chi connectivity index (χ0) is 17.6. The number of carbonyl (C=O) groups excluding carboxylic acids is 2. The first-order valence-corrected chi connectivity index (χ1v) is 9.41. The number of rotatable bonds is 6. The molecule has 0 spiro atoms. The van der Waals surface area contributed by atoms with E-state index in [4.69, 9.17) is 4.74 Å². The number of thiophene rings is 1. The van der Waals surface area contributed by atoms with Crippen LogP contribution in [0.5, 0.6) is 0 Å². The molecule has 1 aromatic heterocycles. The third kappa shape index (κ3) is 4.60. The third-order valence-corrected chi connectivity index (χ3v) is 5.13. The van der Waals surface area contributed by atoms with Gasteiger partial charge in [-0.1, -0.05) is 30.3 Å². The van der Waals surface area contributed by atoms with Gasteiger partial charge in [0.25, 0.3) is 0 Å². The van der Waals surface area contributed by atoms with E-state index in [1.165, 1.54) is 11.1 Å². The number of benzene rings is 1. The highest BCUT2D eigenvalue weighted by Crippen LogP contribution is 2.25. The average Bonchev–Trinajstić information content (AvgIpc) is 3.16. The van der Waals surface area contributed by atoms with Crippen LogP contribution in [0.25, 0.3) is 0 Å². The Balaban J connectivity index is 1.60.